The van der Waals surface area contributed by atoms with Gasteiger partial charge in [-0.1, -0.05) is 66.7 Å². The normalized spacial score (nSPS) is 11.8. The first-order valence-electron chi connectivity index (χ1n) is 9.82. The maximum absolute atomic E-state index is 13.4. The average molecular weight is 414 g/mol. The zero-order chi connectivity index (χ0) is 20.9. The predicted octanol–water partition coefficient (Wildman–Crippen LogP) is 5.96. The van der Waals surface area contributed by atoms with Crippen LogP contribution < -0.4 is 5.32 Å². The summed E-state index contributed by atoms with van der Waals surface area (Å²) in [6, 6.07) is 29.8. The summed E-state index contributed by atoms with van der Waals surface area (Å²) in [6.45, 7) is 3.97. The first-order valence-corrected chi connectivity index (χ1v) is 10.7. The van der Waals surface area contributed by atoms with Gasteiger partial charge in [0.15, 0.2) is 0 Å². The van der Waals surface area contributed by atoms with Crippen LogP contribution >= 0.6 is 11.8 Å². The molecule has 1 N–H and O–H groups in total. The van der Waals surface area contributed by atoms with E-state index in [1.165, 1.54) is 11.8 Å². The van der Waals surface area contributed by atoms with E-state index in [1.54, 1.807) is 4.68 Å². The van der Waals surface area contributed by atoms with E-state index >= 15 is 0 Å². The van der Waals surface area contributed by atoms with Gasteiger partial charge in [0.1, 0.15) is 11.1 Å². The molecule has 3 aromatic carbocycles. The molecule has 0 saturated carbocycles. The van der Waals surface area contributed by atoms with Crippen LogP contribution in [-0.4, -0.2) is 15.7 Å². The van der Waals surface area contributed by atoms with E-state index in [2.05, 4.69) is 10.4 Å². The van der Waals surface area contributed by atoms with Crippen LogP contribution in [0.4, 0.5) is 5.82 Å². The summed E-state index contributed by atoms with van der Waals surface area (Å²) in [4.78, 5) is 14.5. The van der Waals surface area contributed by atoms with Gasteiger partial charge in [-0.15, -0.1) is 11.8 Å². The lowest BCUT2D eigenvalue weighted by Crippen LogP contribution is -2.21. The Morgan fingerprint density at radius 3 is 2.23 bits per heavy atom. The molecule has 1 heterocycles. The summed E-state index contributed by atoms with van der Waals surface area (Å²) in [5, 5.41) is 7.34. The van der Waals surface area contributed by atoms with Gasteiger partial charge < -0.3 is 5.32 Å². The second-order valence-corrected chi connectivity index (χ2v) is 8.26. The highest BCUT2D eigenvalue weighted by atomic mass is 32.2. The number of aryl methyl sites for hydroxylation is 2. The second kappa shape index (κ2) is 9.01. The number of benzene rings is 3. The maximum atomic E-state index is 13.4. The van der Waals surface area contributed by atoms with Crippen molar-refractivity contribution in [3.8, 4) is 5.69 Å². The summed E-state index contributed by atoms with van der Waals surface area (Å²) in [5.74, 6) is 0.589. The lowest BCUT2D eigenvalue weighted by atomic mass is 10.1. The highest BCUT2D eigenvalue weighted by Crippen LogP contribution is 2.36. The van der Waals surface area contributed by atoms with Crippen LogP contribution in [0.3, 0.4) is 0 Å². The van der Waals surface area contributed by atoms with Crippen LogP contribution in [0, 0.1) is 13.8 Å². The first-order chi connectivity index (χ1) is 14.6. The van der Waals surface area contributed by atoms with Gasteiger partial charge in [-0.2, -0.15) is 5.10 Å². The van der Waals surface area contributed by atoms with Crippen molar-refractivity contribution >= 4 is 23.5 Å². The molecule has 0 bridgehead atoms. The predicted molar refractivity (Wildman–Crippen MR) is 123 cm³/mol. The van der Waals surface area contributed by atoms with Crippen LogP contribution in [0.25, 0.3) is 5.69 Å². The third kappa shape index (κ3) is 4.47. The summed E-state index contributed by atoms with van der Waals surface area (Å²) in [5.41, 5.74) is 3.85. The number of carbonyl (C=O) groups is 1. The van der Waals surface area contributed by atoms with Gasteiger partial charge in [0.2, 0.25) is 5.91 Å². The largest absolute Gasteiger partial charge is 0.309 e. The summed E-state index contributed by atoms with van der Waals surface area (Å²) >= 11 is 1.54. The fourth-order valence-electron chi connectivity index (χ4n) is 3.30. The first kappa shape index (κ1) is 20.0. The van der Waals surface area contributed by atoms with Crippen LogP contribution in [0.1, 0.15) is 22.1 Å². The molecule has 4 nitrogen and oxygen atoms in total. The second-order valence-electron chi connectivity index (χ2n) is 7.08. The van der Waals surface area contributed by atoms with E-state index in [9.17, 15) is 4.79 Å². The molecule has 0 aliphatic rings. The monoisotopic (exact) mass is 413 g/mol. The molecule has 1 aromatic heterocycles. The SMILES string of the molecule is Cc1cc(NC(=O)C(Sc2ccccc2)c2ccccc2)n(-c2ccccc2C)n1. The minimum absolute atomic E-state index is 0.0789. The number of hydrogen-bond acceptors (Lipinski definition) is 3. The Morgan fingerprint density at radius 1 is 0.900 bits per heavy atom. The molecular weight excluding hydrogens is 390 g/mol. The molecule has 1 amide bonds. The van der Waals surface area contributed by atoms with E-state index in [0.29, 0.717) is 5.82 Å². The Bertz CT molecular complexity index is 1140. The molecule has 4 rings (SSSR count). The Hall–Kier alpha value is -3.31. The molecule has 0 saturated heterocycles. The molecule has 1 unspecified atom stereocenters. The minimum atomic E-state index is -0.380. The van der Waals surface area contributed by atoms with Crippen molar-refractivity contribution in [2.75, 3.05) is 5.32 Å². The number of nitrogens with one attached hydrogen (secondary N) is 1. The van der Waals surface area contributed by atoms with E-state index in [0.717, 1.165) is 27.4 Å². The summed E-state index contributed by atoms with van der Waals surface area (Å²) in [6.07, 6.45) is 0. The Morgan fingerprint density at radius 2 is 1.53 bits per heavy atom. The molecule has 0 aliphatic heterocycles. The number of carbonyl (C=O) groups excluding carboxylic acids is 1. The van der Waals surface area contributed by atoms with Crippen molar-refractivity contribution in [3.05, 3.63) is 108 Å². The van der Waals surface area contributed by atoms with Gasteiger partial charge in [-0.25, -0.2) is 4.68 Å². The van der Waals surface area contributed by atoms with E-state index in [4.69, 9.17) is 0 Å². The minimum Gasteiger partial charge on any atom is -0.309 e. The fourth-order valence-corrected chi connectivity index (χ4v) is 4.35. The number of thioether (sulfide) groups is 1. The molecular formula is C25H23N3OS. The molecule has 1 atom stereocenters. The average Bonchev–Trinajstić information content (AvgIpc) is 3.13. The van der Waals surface area contributed by atoms with Gasteiger partial charge in [-0.05, 0) is 43.2 Å². The quantitative estimate of drug-likeness (QED) is 0.397. The Labute approximate surface area is 181 Å². The molecule has 0 fully saturated rings. The number of rotatable bonds is 6. The van der Waals surface area contributed by atoms with Crippen LogP contribution in [-0.2, 0) is 4.79 Å². The van der Waals surface area contributed by atoms with Crippen molar-refractivity contribution in [2.45, 2.75) is 24.0 Å². The van der Waals surface area contributed by atoms with Crippen LogP contribution in [0.5, 0.6) is 0 Å². The number of amides is 1. The summed E-state index contributed by atoms with van der Waals surface area (Å²) in [7, 11) is 0. The highest BCUT2D eigenvalue weighted by Gasteiger charge is 2.24. The molecule has 150 valence electrons. The Kier molecular flexibility index (Phi) is 6.00. The van der Waals surface area contributed by atoms with E-state index < -0.39 is 0 Å². The van der Waals surface area contributed by atoms with Gasteiger partial charge in [0, 0.05) is 11.0 Å². The number of anilines is 1. The third-order valence-corrected chi connectivity index (χ3v) is 6.03. The Balaban J connectivity index is 1.66. The smallest absolute Gasteiger partial charge is 0.243 e. The van der Waals surface area contributed by atoms with Crippen molar-refractivity contribution in [3.63, 3.8) is 0 Å². The molecule has 0 aliphatic carbocycles. The number of hydrogen-bond donors (Lipinski definition) is 1. The zero-order valence-corrected chi connectivity index (χ0v) is 17.8. The summed E-state index contributed by atoms with van der Waals surface area (Å²) < 4.78 is 1.80. The van der Waals surface area contributed by atoms with Crippen molar-refractivity contribution in [1.82, 2.24) is 9.78 Å². The van der Waals surface area contributed by atoms with Crippen LogP contribution in [0.15, 0.2) is 95.9 Å². The molecule has 5 heteroatoms. The van der Waals surface area contributed by atoms with Gasteiger partial charge in [0.25, 0.3) is 0 Å². The molecule has 4 aromatic rings. The van der Waals surface area contributed by atoms with E-state index in [-0.39, 0.29) is 11.2 Å². The molecule has 0 radical (unpaired) electrons. The molecule has 0 spiro atoms. The van der Waals surface area contributed by atoms with Gasteiger partial charge in [-0.3, -0.25) is 4.79 Å². The van der Waals surface area contributed by atoms with Crippen molar-refractivity contribution in [1.29, 1.82) is 0 Å². The topological polar surface area (TPSA) is 46.9 Å². The maximum Gasteiger partial charge on any atom is 0.243 e. The zero-order valence-electron chi connectivity index (χ0n) is 16.9. The lowest BCUT2D eigenvalue weighted by Gasteiger charge is -2.18. The van der Waals surface area contributed by atoms with Crippen LogP contribution in [0.2, 0.25) is 0 Å². The molecule has 30 heavy (non-hydrogen) atoms. The van der Waals surface area contributed by atoms with Gasteiger partial charge in [0.05, 0.1) is 11.4 Å². The lowest BCUT2D eigenvalue weighted by molar-refractivity contribution is -0.115. The number of para-hydroxylation sites is 1. The highest BCUT2D eigenvalue weighted by molar-refractivity contribution is 8.00. The third-order valence-electron chi connectivity index (χ3n) is 4.76. The number of nitrogens with zero attached hydrogens (tertiary/aromatic N) is 2. The van der Waals surface area contributed by atoms with Crippen molar-refractivity contribution < 1.29 is 4.79 Å². The fraction of sp³-hybridized carbons (Fsp3) is 0.120. The van der Waals surface area contributed by atoms with Gasteiger partial charge >= 0.3 is 0 Å². The van der Waals surface area contributed by atoms with Crippen molar-refractivity contribution in [2.24, 2.45) is 0 Å². The standard InChI is InChI=1S/C25H23N3OS/c1-18-11-9-10-16-22(18)28-23(17-19(2)27-28)26-25(29)24(20-12-5-3-6-13-20)30-21-14-7-4-8-15-21/h3-17,24H,1-2H3,(H,26,29). The van der Waals surface area contributed by atoms with E-state index in [1.807, 2.05) is 105 Å². The number of aromatic nitrogens is 2.